The SMILES string of the molecule is COc1ccc(/C=C/C(=O)NN=C2CCN(Cc3ccccc3)CC2)cc1. The van der Waals surface area contributed by atoms with Crippen molar-refractivity contribution in [2.75, 3.05) is 20.2 Å². The van der Waals surface area contributed by atoms with Crippen LogP contribution < -0.4 is 10.2 Å². The van der Waals surface area contributed by atoms with Gasteiger partial charge in [-0.15, -0.1) is 0 Å². The summed E-state index contributed by atoms with van der Waals surface area (Å²) in [6, 6.07) is 18.0. The number of benzene rings is 2. The maximum absolute atomic E-state index is 11.9. The van der Waals surface area contributed by atoms with E-state index in [-0.39, 0.29) is 5.91 Å². The first-order valence-corrected chi connectivity index (χ1v) is 9.17. The molecule has 0 aromatic heterocycles. The Morgan fingerprint density at radius 3 is 2.48 bits per heavy atom. The summed E-state index contributed by atoms with van der Waals surface area (Å²) in [5, 5.41) is 4.28. The van der Waals surface area contributed by atoms with E-state index in [4.69, 9.17) is 4.74 Å². The van der Waals surface area contributed by atoms with Crippen molar-refractivity contribution in [3.8, 4) is 5.75 Å². The van der Waals surface area contributed by atoms with Crippen LogP contribution in [0.3, 0.4) is 0 Å². The molecule has 1 saturated heterocycles. The molecule has 1 N–H and O–H groups in total. The highest BCUT2D eigenvalue weighted by molar-refractivity contribution is 5.93. The van der Waals surface area contributed by atoms with E-state index in [1.54, 1.807) is 13.2 Å². The van der Waals surface area contributed by atoms with Gasteiger partial charge in [0.1, 0.15) is 5.75 Å². The predicted molar refractivity (Wildman–Crippen MR) is 109 cm³/mol. The molecule has 0 bridgehead atoms. The van der Waals surface area contributed by atoms with Gasteiger partial charge in [-0.1, -0.05) is 42.5 Å². The van der Waals surface area contributed by atoms with Crippen molar-refractivity contribution in [3.05, 3.63) is 71.8 Å². The second kappa shape index (κ2) is 9.69. The summed E-state index contributed by atoms with van der Waals surface area (Å²) in [6.07, 6.45) is 5.03. The van der Waals surface area contributed by atoms with E-state index in [9.17, 15) is 4.79 Å². The smallest absolute Gasteiger partial charge is 0.264 e. The molecule has 1 aliphatic rings. The van der Waals surface area contributed by atoms with Crippen LogP contribution in [0.4, 0.5) is 0 Å². The quantitative estimate of drug-likeness (QED) is 0.631. The molecule has 1 amide bonds. The van der Waals surface area contributed by atoms with E-state index >= 15 is 0 Å². The average Bonchev–Trinajstić information content (AvgIpc) is 2.73. The number of nitrogens with zero attached hydrogens (tertiary/aromatic N) is 2. The molecule has 27 heavy (non-hydrogen) atoms. The zero-order chi connectivity index (χ0) is 18.9. The summed E-state index contributed by atoms with van der Waals surface area (Å²) in [7, 11) is 1.63. The minimum Gasteiger partial charge on any atom is -0.497 e. The molecule has 5 heteroatoms. The Labute approximate surface area is 160 Å². The van der Waals surface area contributed by atoms with Gasteiger partial charge in [-0.3, -0.25) is 9.69 Å². The molecule has 1 heterocycles. The number of likely N-dealkylation sites (tertiary alicyclic amines) is 1. The van der Waals surface area contributed by atoms with Crippen LogP contribution in [0.5, 0.6) is 5.75 Å². The summed E-state index contributed by atoms with van der Waals surface area (Å²) in [5.41, 5.74) is 5.94. The Kier molecular flexibility index (Phi) is 6.77. The lowest BCUT2D eigenvalue weighted by Crippen LogP contribution is -2.34. The highest BCUT2D eigenvalue weighted by Gasteiger charge is 2.15. The molecule has 0 saturated carbocycles. The molecule has 2 aromatic rings. The van der Waals surface area contributed by atoms with Crippen LogP contribution in [0.2, 0.25) is 0 Å². The zero-order valence-corrected chi connectivity index (χ0v) is 15.6. The Morgan fingerprint density at radius 1 is 1.11 bits per heavy atom. The number of amides is 1. The van der Waals surface area contributed by atoms with E-state index in [1.165, 1.54) is 11.6 Å². The van der Waals surface area contributed by atoms with Crippen LogP contribution in [0.25, 0.3) is 6.08 Å². The Hall–Kier alpha value is -2.92. The van der Waals surface area contributed by atoms with Gasteiger partial charge in [0, 0.05) is 44.3 Å². The molecular weight excluding hydrogens is 338 g/mol. The van der Waals surface area contributed by atoms with Crippen molar-refractivity contribution >= 4 is 17.7 Å². The molecular formula is C22H25N3O2. The monoisotopic (exact) mass is 363 g/mol. The summed E-state index contributed by atoms with van der Waals surface area (Å²) in [4.78, 5) is 14.4. The number of hydrogen-bond acceptors (Lipinski definition) is 4. The summed E-state index contributed by atoms with van der Waals surface area (Å²) in [5.74, 6) is 0.576. The van der Waals surface area contributed by atoms with Gasteiger partial charge < -0.3 is 4.74 Å². The molecule has 1 aliphatic heterocycles. The van der Waals surface area contributed by atoms with Gasteiger partial charge >= 0.3 is 0 Å². The van der Waals surface area contributed by atoms with E-state index < -0.39 is 0 Å². The number of rotatable bonds is 6. The maximum atomic E-state index is 11.9. The van der Waals surface area contributed by atoms with Gasteiger partial charge in [0.2, 0.25) is 0 Å². The van der Waals surface area contributed by atoms with E-state index in [2.05, 4.69) is 39.7 Å². The minimum atomic E-state index is -0.218. The number of nitrogens with one attached hydrogen (secondary N) is 1. The minimum absolute atomic E-state index is 0.218. The second-order valence-corrected chi connectivity index (χ2v) is 6.52. The number of hydrogen-bond donors (Lipinski definition) is 1. The summed E-state index contributed by atoms with van der Waals surface area (Å²) >= 11 is 0. The number of carbonyl (C=O) groups is 1. The van der Waals surface area contributed by atoms with Crippen LogP contribution in [-0.2, 0) is 11.3 Å². The van der Waals surface area contributed by atoms with E-state index in [0.29, 0.717) is 0 Å². The van der Waals surface area contributed by atoms with Crippen LogP contribution in [0.15, 0.2) is 65.8 Å². The Bertz CT molecular complexity index is 788. The topological polar surface area (TPSA) is 53.9 Å². The van der Waals surface area contributed by atoms with Crippen molar-refractivity contribution < 1.29 is 9.53 Å². The summed E-state index contributed by atoms with van der Waals surface area (Å²) in [6.45, 7) is 2.89. The molecule has 5 nitrogen and oxygen atoms in total. The fourth-order valence-corrected chi connectivity index (χ4v) is 2.98. The van der Waals surface area contributed by atoms with Gasteiger partial charge in [-0.2, -0.15) is 5.10 Å². The van der Waals surface area contributed by atoms with Crippen molar-refractivity contribution in [1.82, 2.24) is 10.3 Å². The van der Waals surface area contributed by atoms with Crippen molar-refractivity contribution in [1.29, 1.82) is 0 Å². The number of methoxy groups -OCH3 is 1. The van der Waals surface area contributed by atoms with E-state index in [1.807, 2.05) is 30.3 Å². The fraction of sp³-hybridized carbons (Fsp3) is 0.273. The molecule has 0 spiro atoms. The first-order chi connectivity index (χ1) is 13.2. The highest BCUT2D eigenvalue weighted by Crippen LogP contribution is 2.13. The van der Waals surface area contributed by atoms with Crippen molar-refractivity contribution in [3.63, 3.8) is 0 Å². The van der Waals surface area contributed by atoms with Gasteiger partial charge in [0.15, 0.2) is 0 Å². The van der Waals surface area contributed by atoms with Crippen molar-refractivity contribution in [2.24, 2.45) is 5.10 Å². The normalized spacial score (nSPS) is 14.9. The lowest BCUT2D eigenvalue weighted by Gasteiger charge is -2.27. The second-order valence-electron chi connectivity index (χ2n) is 6.52. The third-order valence-corrected chi connectivity index (χ3v) is 4.55. The van der Waals surface area contributed by atoms with Gasteiger partial charge in [0.05, 0.1) is 7.11 Å². The van der Waals surface area contributed by atoms with E-state index in [0.717, 1.165) is 49.5 Å². The lowest BCUT2D eigenvalue weighted by atomic mass is 10.1. The molecule has 0 atom stereocenters. The van der Waals surface area contributed by atoms with Gasteiger partial charge in [-0.05, 0) is 29.3 Å². The van der Waals surface area contributed by atoms with Gasteiger partial charge in [0.25, 0.3) is 5.91 Å². The highest BCUT2D eigenvalue weighted by atomic mass is 16.5. The number of ether oxygens (including phenoxy) is 1. The Morgan fingerprint density at radius 2 is 1.81 bits per heavy atom. The predicted octanol–water partition coefficient (Wildman–Crippen LogP) is 3.48. The first-order valence-electron chi connectivity index (χ1n) is 9.17. The van der Waals surface area contributed by atoms with Crippen LogP contribution in [0, 0.1) is 0 Å². The average molecular weight is 363 g/mol. The number of piperidine rings is 1. The molecule has 0 aliphatic carbocycles. The molecule has 140 valence electrons. The Balaban J connectivity index is 1.43. The zero-order valence-electron chi connectivity index (χ0n) is 15.6. The lowest BCUT2D eigenvalue weighted by molar-refractivity contribution is -0.116. The molecule has 0 unspecified atom stereocenters. The third-order valence-electron chi connectivity index (χ3n) is 4.55. The molecule has 0 radical (unpaired) electrons. The number of carbonyl (C=O) groups excluding carboxylic acids is 1. The third kappa shape index (κ3) is 6.08. The molecule has 3 rings (SSSR count). The number of hydrazone groups is 1. The summed E-state index contributed by atoms with van der Waals surface area (Å²) < 4.78 is 5.12. The molecule has 1 fully saturated rings. The van der Waals surface area contributed by atoms with Crippen LogP contribution in [-0.4, -0.2) is 36.7 Å². The van der Waals surface area contributed by atoms with Gasteiger partial charge in [-0.25, -0.2) is 5.43 Å². The maximum Gasteiger partial charge on any atom is 0.264 e. The fourth-order valence-electron chi connectivity index (χ4n) is 2.98. The standard InChI is InChI=1S/C22H25N3O2/c1-27-21-10-7-18(8-11-21)9-12-22(26)24-23-20-13-15-25(16-14-20)17-19-5-3-2-4-6-19/h2-12H,13-17H2,1H3,(H,24,26)/b12-9+. The van der Waals surface area contributed by atoms with Crippen LogP contribution in [0.1, 0.15) is 24.0 Å². The van der Waals surface area contributed by atoms with Crippen LogP contribution >= 0.6 is 0 Å². The molecule has 2 aromatic carbocycles. The first kappa shape index (κ1) is 18.9. The largest absolute Gasteiger partial charge is 0.497 e. The van der Waals surface area contributed by atoms with Crippen molar-refractivity contribution in [2.45, 2.75) is 19.4 Å².